The maximum atomic E-state index is 5.74. The fraction of sp³-hybridized carbons (Fsp3) is 0.867. The molecule has 0 aliphatic carbocycles. The molecule has 0 aromatic carbocycles. The molecule has 0 fully saturated rings. The third-order valence-corrected chi connectivity index (χ3v) is 4.33. The molecule has 0 aromatic rings. The third kappa shape index (κ3) is 14.1. The fourth-order valence-electron chi connectivity index (χ4n) is 1.71. The Morgan fingerprint density at radius 3 is 1.74 bits per heavy atom. The second-order valence-corrected chi connectivity index (χ2v) is 6.35. The molecule has 0 amide bonds. The molecule has 114 valence electrons. The normalized spacial score (nSPS) is 11.1. The maximum Gasteiger partial charge on any atom is 0.484 e. The summed E-state index contributed by atoms with van der Waals surface area (Å²) in [6.45, 7) is 10.1. The van der Waals surface area contributed by atoms with Crippen LogP contribution >= 0.6 is 0 Å². The number of hydrogen-bond acceptors (Lipinski definition) is 3. The van der Waals surface area contributed by atoms with Crippen LogP contribution in [0, 0.1) is 0 Å². The summed E-state index contributed by atoms with van der Waals surface area (Å²) in [5.74, 6) is 0. The summed E-state index contributed by atoms with van der Waals surface area (Å²) in [6, 6.07) is 0. The van der Waals surface area contributed by atoms with Crippen molar-refractivity contribution in [1.82, 2.24) is 0 Å². The molecule has 0 unspecified atom stereocenters. The lowest BCUT2D eigenvalue weighted by atomic mass is 10.2. The molecule has 0 N–H and O–H groups in total. The molecule has 0 rings (SSSR count). The predicted molar refractivity (Wildman–Crippen MR) is 83.5 cm³/mol. The Hall–Kier alpha value is -0.163. The minimum Gasteiger partial charge on any atom is -0.376 e. The summed E-state index contributed by atoms with van der Waals surface area (Å²) in [6.07, 6.45) is 11.5. The van der Waals surface area contributed by atoms with Crippen molar-refractivity contribution in [3.05, 3.63) is 12.7 Å². The Balaban J connectivity index is 3.59. The van der Waals surface area contributed by atoms with Crippen molar-refractivity contribution in [3.8, 4) is 0 Å². The number of hydrogen-bond donors (Lipinski definition) is 0. The fourth-order valence-corrected chi connectivity index (χ4v) is 3.01. The van der Waals surface area contributed by atoms with Crippen LogP contribution in [-0.4, -0.2) is 29.3 Å². The lowest BCUT2D eigenvalue weighted by Gasteiger charge is -2.16. The second kappa shape index (κ2) is 15.9. The van der Waals surface area contributed by atoms with Crippen LogP contribution in [0.15, 0.2) is 12.7 Å². The van der Waals surface area contributed by atoms with E-state index in [4.69, 9.17) is 13.3 Å². The van der Waals surface area contributed by atoms with Crippen molar-refractivity contribution in [2.45, 2.75) is 65.2 Å². The molecule has 0 radical (unpaired) electrons. The molecule has 0 saturated heterocycles. The Morgan fingerprint density at radius 2 is 1.32 bits per heavy atom. The topological polar surface area (TPSA) is 27.7 Å². The van der Waals surface area contributed by atoms with Gasteiger partial charge in [-0.25, -0.2) is 0 Å². The quantitative estimate of drug-likeness (QED) is 0.258. The van der Waals surface area contributed by atoms with Crippen molar-refractivity contribution in [2.24, 2.45) is 0 Å². The van der Waals surface area contributed by atoms with Crippen LogP contribution in [0.1, 0.15) is 65.2 Å². The highest BCUT2D eigenvalue weighted by Crippen LogP contribution is 2.04. The van der Waals surface area contributed by atoms with Crippen molar-refractivity contribution in [2.75, 3.05) is 19.8 Å². The van der Waals surface area contributed by atoms with Gasteiger partial charge in [0.15, 0.2) is 0 Å². The van der Waals surface area contributed by atoms with E-state index in [-0.39, 0.29) is 0 Å². The summed E-state index contributed by atoms with van der Waals surface area (Å²) in [7, 11) is -1.93. The molecule has 0 aromatic heterocycles. The maximum absolute atomic E-state index is 5.74. The van der Waals surface area contributed by atoms with Crippen LogP contribution in [-0.2, 0) is 13.3 Å². The van der Waals surface area contributed by atoms with E-state index in [2.05, 4.69) is 20.4 Å². The monoisotopic (exact) mass is 288 g/mol. The largest absolute Gasteiger partial charge is 0.484 e. The SMILES string of the molecule is C=CCO[SiH](OCCCCCC)OCCCCCC. The predicted octanol–water partition coefficient (Wildman–Crippen LogP) is 4.10. The number of rotatable bonds is 15. The van der Waals surface area contributed by atoms with Crippen molar-refractivity contribution in [1.29, 1.82) is 0 Å². The van der Waals surface area contributed by atoms with Crippen LogP contribution in [0.25, 0.3) is 0 Å². The van der Waals surface area contributed by atoms with E-state index in [1.165, 1.54) is 38.5 Å². The van der Waals surface area contributed by atoms with E-state index < -0.39 is 9.53 Å². The van der Waals surface area contributed by atoms with Crippen molar-refractivity contribution in [3.63, 3.8) is 0 Å². The first-order valence-corrected chi connectivity index (χ1v) is 9.22. The van der Waals surface area contributed by atoms with Gasteiger partial charge in [0.1, 0.15) is 0 Å². The average Bonchev–Trinajstić information content (AvgIpc) is 2.43. The smallest absolute Gasteiger partial charge is 0.376 e. The van der Waals surface area contributed by atoms with E-state index in [1.807, 2.05) is 0 Å². The van der Waals surface area contributed by atoms with Crippen molar-refractivity contribution >= 4 is 9.53 Å². The molecule has 0 saturated carbocycles. The molecule has 0 aliphatic rings. The first-order chi connectivity index (χ1) is 9.35. The van der Waals surface area contributed by atoms with E-state index >= 15 is 0 Å². The van der Waals surface area contributed by atoms with Crippen LogP contribution in [0.4, 0.5) is 0 Å². The van der Waals surface area contributed by atoms with Gasteiger partial charge in [-0.2, -0.15) is 0 Å². The summed E-state index contributed by atoms with van der Waals surface area (Å²) in [5.41, 5.74) is 0. The highest BCUT2D eigenvalue weighted by atomic mass is 28.3. The van der Waals surface area contributed by atoms with E-state index in [9.17, 15) is 0 Å². The van der Waals surface area contributed by atoms with Gasteiger partial charge < -0.3 is 13.3 Å². The van der Waals surface area contributed by atoms with Crippen molar-refractivity contribution < 1.29 is 13.3 Å². The first-order valence-electron chi connectivity index (χ1n) is 7.80. The second-order valence-electron chi connectivity index (χ2n) is 4.77. The molecule has 0 atom stereocenters. The molecular weight excluding hydrogens is 256 g/mol. The van der Waals surface area contributed by atoms with Gasteiger partial charge in [0.05, 0.1) is 6.61 Å². The minimum absolute atomic E-state index is 0.529. The average molecular weight is 289 g/mol. The molecule has 0 aliphatic heterocycles. The Kier molecular flexibility index (Phi) is 15.8. The zero-order valence-electron chi connectivity index (χ0n) is 12.9. The zero-order valence-corrected chi connectivity index (χ0v) is 14.0. The van der Waals surface area contributed by atoms with Gasteiger partial charge in [-0.1, -0.05) is 58.4 Å². The first kappa shape index (κ1) is 18.8. The summed E-state index contributed by atoms with van der Waals surface area (Å²) < 4.78 is 17.1. The zero-order chi connectivity index (χ0) is 14.2. The standard InChI is InChI=1S/C15H32O3Si/c1-4-7-9-11-14-17-19(16-13-6-3)18-15-12-10-8-5-2/h6,19H,3-5,7-15H2,1-2H3. The van der Waals surface area contributed by atoms with Gasteiger partial charge in [-0.15, -0.1) is 6.58 Å². The highest BCUT2D eigenvalue weighted by Gasteiger charge is 2.14. The lowest BCUT2D eigenvalue weighted by Crippen LogP contribution is -2.28. The van der Waals surface area contributed by atoms with E-state index in [0.717, 1.165) is 26.1 Å². The van der Waals surface area contributed by atoms with Gasteiger partial charge in [-0.3, -0.25) is 0 Å². The lowest BCUT2D eigenvalue weighted by molar-refractivity contribution is 0.0989. The minimum atomic E-state index is -1.93. The summed E-state index contributed by atoms with van der Waals surface area (Å²) in [5, 5.41) is 0. The summed E-state index contributed by atoms with van der Waals surface area (Å²) >= 11 is 0. The van der Waals surface area contributed by atoms with E-state index in [0.29, 0.717) is 6.61 Å². The Morgan fingerprint density at radius 1 is 0.789 bits per heavy atom. The van der Waals surface area contributed by atoms with Crippen LogP contribution in [0.3, 0.4) is 0 Å². The molecule has 0 heterocycles. The van der Waals surface area contributed by atoms with Gasteiger partial charge in [-0.05, 0) is 12.8 Å². The molecule has 19 heavy (non-hydrogen) atoms. The van der Waals surface area contributed by atoms with Gasteiger partial charge in [0.2, 0.25) is 0 Å². The molecular formula is C15H32O3Si. The molecule has 0 spiro atoms. The van der Waals surface area contributed by atoms with Gasteiger partial charge >= 0.3 is 9.53 Å². The van der Waals surface area contributed by atoms with E-state index in [1.54, 1.807) is 6.08 Å². The van der Waals surface area contributed by atoms with Crippen LogP contribution < -0.4 is 0 Å². The molecule has 4 heteroatoms. The molecule has 3 nitrogen and oxygen atoms in total. The molecule has 0 bridgehead atoms. The third-order valence-electron chi connectivity index (χ3n) is 2.85. The Labute approximate surface area is 121 Å². The van der Waals surface area contributed by atoms with Crippen LogP contribution in [0.2, 0.25) is 0 Å². The van der Waals surface area contributed by atoms with Gasteiger partial charge in [0, 0.05) is 13.2 Å². The number of unbranched alkanes of at least 4 members (excludes halogenated alkanes) is 6. The summed E-state index contributed by atoms with van der Waals surface area (Å²) in [4.78, 5) is 0. The highest BCUT2D eigenvalue weighted by molar-refractivity contribution is 6.36. The van der Waals surface area contributed by atoms with Gasteiger partial charge in [0.25, 0.3) is 0 Å². The Bertz CT molecular complexity index is 174. The van der Waals surface area contributed by atoms with Crippen LogP contribution in [0.5, 0.6) is 0 Å².